The van der Waals surface area contributed by atoms with Crippen LogP contribution < -0.4 is 0 Å². The highest BCUT2D eigenvalue weighted by Crippen LogP contribution is 2.12. The van der Waals surface area contributed by atoms with Crippen LogP contribution in [0.25, 0.3) is 0 Å². The van der Waals surface area contributed by atoms with Gasteiger partial charge in [0.1, 0.15) is 0 Å². The molecule has 14 heavy (non-hydrogen) atoms. The van der Waals surface area contributed by atoms with Gasteiger partial charge in [-0.3, -0.25) is 0 Å². The number of esters is 1. The molecule has 0 aliphatic rings. The van der Waals surface area contributed by atoms with Gasteiger partial charge in [0.2, 0.25) is 0 Å². The third-order valence-corrected chi connectivity index (χ3v) is 2.03. The Kier molecular flexibility index (Phi) is 3.24. The lowest BCUT2D eigenvalue weighted by atomic mass is 10.0. The van der Waals surface area contributed by atoms with Crippen molar-refractivity contribution in [1.82, 2.24) is 0 Å². The molecule has 0 heterocycles. The zero-order valence-electron chi connectivity index (χ0n) is 8.20. The molecule has 0 aliphatic heterocycles. The van der Waals surface area contributed by atoms with Crippen molar-refractivity contribution < 1.29 is 9.53 Å². The van der Waals surface area contributed by atoms with Gasteiger partial charge < -0.3 is 4.74 Å². The molecule has 0 bridgehead atoms. The number of hydrogen-bond donors (Lipinski definition) is 0. The predicted molar refractivity (Wildman–Crippen MR) is 51.9 cm³/mol. The van der Waals surface area contributed by atoms with Crippen molar-refractivity contribution in [3.8, 4) is 6.07 Å². The summed E-state index contributed by atoms with van der Waals surface area (Å²) in [5.41, 5.74) is 1.97. The van der Waals surface area contributed by atoms with E-state index in [9.17, 15) is 4.79 Å². The summed E-state index contributed by atoms with van der Waals surface area (Å²) in [6.45, 7) is 1.94. The molecule has 1 aromatic carbocycles. The van der Waals surface area contributed by atoms with Crippen LogP contribution >= 0.6 is 0 Å². The van der Waals surface area contributed by atoms with Gasteiger partial charge in [-0.15, -0.1) is 0 Å². The lowest BCUT2D eigenvalue weighted by molar-refractivity contribution is 0.0600. The maximum Gasteiger partial charge on any atom is 0.337 e. The number of benzene rings is 1. The summed E-state index contributed by atoms with van der Waals surface area (Å²) in [7, 11) is 1.34. The number of carbonyl (C=O) groups excluding carboxylic acids is 1. The number of hydrogen-bond acceptors (Lipinski definition) is 3. The van der Waals surface area contributed by atoms with Crippen LogP contribution in [0.5, 0.6) is 0 Å². The summed E-state index contributed by atoms with van der Waals surface area (Å²) < 4.78 is 4.59. The van der Waals surface area contributed by atoms with Crippen LogP contribution in [0.3, 0.4) is 0 Å². The van der Waals surface area contributed by atoms with Crippen molar-refractivity contribution >= 4 is 5.97 Å². The first-order chi connectivity index (χ1) is 6.72. The maximum absolute atomic E-state index is 11.2. The third kappa shape index (κ3) is 1.91. The topological polar surface area (TPSA) is 50.1 Å². The summed E-state index contributed by atoms with van der Waals surface area (Å²) in [5, 5.41) is 8.77. The smallest absolute Gasteiger partial charge is 0.337 e. The second-order valence-electron chi connectivity index (χ2n) is 2.83. The van der Waals surface area contributed by atoms with Gasteiger partial charge in [0.15, 0.2) is 0 Å². The van der Waals surface area contributed by atoms with Crippen LogP contribution in [0, 0.1) is 11.3 Å². The van der Waals surface area contributed by atoms with Crippen LogP contribution in [0.15, 0.2) is 18.2 Å². The van der Waals surface area contributed by atoms with Gasteiger partial charge in [-0.1, -0.05) is 6.92 Å². The van der Waals surface area contributed by atoms with Gasteiger partial charge >= 0.3 is 5.97 Å². The van der Waals surface area contributed by atoms with Crippen molar-refractivity contribution in [1.29, 1.82) is 5.26 Å². The van der Waals surface area contributed by atoms with Crippen molar-refractivity contribution in [3.05, 3.63) is 34.9 Å². The van der Waals surface area contributed by atoms with Crippen LogP contribution in [-0.4, -0.2) is 13.1 Å². The van der Waals surface area contributed by atoms with Crippen LogP contribution in [0.1, 0.15) is 28.4 Å². The Morgan fingerprint density at radius 1 is 1.57 bits per heavy atom. The fraction of sp³-hybridized carbons (Fsp3) is 0.273. The minimum absolute atomic E-state index is 0.371. The fourth-order valence-electron chi connectivity index (χ4n) is 1.24. The average Bonchev–Trinajstić information content (AvgIpc) is 2.26. The number of aryl methyl sites for hydroxylation is 1. The molecule has 1 rings (SSSR count). The Bertz CT molecular complexity index is 391. The van der Waals surface area contributed by atoms with E-state index in [-0.39, 0.29) is 5.97 Å². The van der Waals surface area contributed by atoms with Crippen molar-refractivity contribution in [3.63, 3.8) is 0 Å². The number of ether oxygens (including phenoxy) is 1. The van der Waals surface area contributed by atoms with Crippen LogP contribution in [0.2, 0.25) is 0 Å². The largest absolute Gasteiger partial charge is 0.465 e. The van der Waals surface area contributed by atoms with E-state index in [1.807, 2.05) is 6.92 Å². The molecule has 0 atom stereocenters. The first-order valence-electron chi connectivity index (χ1n) is 4.34. The van der Waals surface area contributed by atoms with Crippen molar-refractivity contribution in [2.24, 2.45) is 0 Å². The molecule has 0 N–H and O–H groups in total. The fourth-order valence-corrected chi connectivity index (χ4v) is 1.24. The Morgan fingerprint density at radius 2 is 2.29 bits per heavy atom. The van der Waals surface area contributed by atoms with E-state index in [0.717, 1.165) is 12.0 Å². The normalized spacial score (nSPS) is 9.21. The Morgan fingerprint density at radius 3 is 2.79 bits per heavy atom. The summed E-state index contributed by atoms with van der Waals surface area (Å²) in [4.78, 5) is 11.2. The Balaban J connectivity index is 3.15. The van der Waals surface area contributed by atoms with E-state index in [0.29, 0.717) is 11.1 Å². The summed E-state index contributed by atoms with van der Waals surface area (Å²) in [6.07, 6.45) is 0.730. The molecule has 72 valence electrons. The summed E-state index contributed by atoms with van der Waals surface area (Å²) >= 11 is 0. The van der Waals surface area contributed by atoms with Crippen molar-refractivity contribution in [2.45, 2.75) is 13.3 Å². The van der Waals surface area contributed by atoms with E-state index in [1.54, 1.807) is 18.2 Å². The molecule has 0 aromatic heterocycles. The lowest BCUT2D eigenvalue weighted by Crippen LogP contribution is -2.02. The van der Waals surface area contributed by atoms with Crippen LogP contribution in [-0.2, 0) is 11.2 Å². The maximum atomic E-state index is 11.2. The molecule has 3 heteroatoms. The molecule has 0 saturated heterocycles. The monoisotopic (exact) mass is 189 g/mol. The van der Waals surface area contributed by atoms with E-state index in [4.69, 9.17) is 5.26 Å². The molecule has 0 fully saturated rings. The molecule has 0 aliphatic carbocycles. The molecule has 0 saturated carbocycles. The lowest BCUT2D eigenvalue weighted by Gasteiger charge is -2.03. The molecule has 0 amide bonds. The number of methoxy groups -OCH3 is 1. The minimum atomic E-state index is -0.371. The van der Waals surface area contributed by atoms with Gasteiger partial charge in [0.05, 0.1) is 24.3 Å². The number of nitriles is 1. The van der Waals surface area contributed by atoms with Crippen LogP contribution in [0.4, 0.5) is 0 Å². The molecule has 1 aromatic rings. The van der Waals surface area contributed by atoms with E-state index in [2.05, 4.69) is 10.8 Å². The quantitative estimate of drug-likeness (QED) is 0.667. The Hall–Kier alpha value is -1.82. The van der Waals surface area contributed by atoms with Gasteiger partial charge in [-0.25, -0.2) is 4.79 Å². The zero-order chi connectivity index (χ0) is 10.6. The number of nitrogens with zero attached hydrogens (tertiary/aromatic N) is 1. The Labute approximate surface area is 82.9 Å². The second kappa shape index (κ2) is 4.43. The molecule has 0 unspecified atom stereocenters. The molecule has 3 nitrogen and oxygen atoms in total. The van der Waals surface area contributed by atoms with Gasteiger partial charge in [0.25, 0.3) is 0 Å². The van der Waals surface area contributed by atoms with E-state index >= 15 is 0 Å². The van der Waals surface area contributed by atoms with Gasteiger partial charge in [-0.2, -0.15) is 5.26 Å². The zero-order valence-corrected chi connectivity index (χ0v) is 8.20. The van der Waals surface area contributed by atoms with Gasteiger partial charge in [-0.05, 0) is 30.2 Å². The van der Waals surface area contributed by atoms with E-state index < -0.39 is 0 Å². The number of carbonyl (C=O) groups is 1. The molecular formula is C11H11NO2. The highest BCUT2D eigenvalue weighted by atomic mass is 16.5. The highest BCUT2D eigenvalue weighted by Gasteiger charge is 2.08. The molecule has 0 spiro atoms. The first kappa shape index (κ1) is 10.3. The molecular weight excluding hydrogens is 178 g/mol. The minimum Gasteiger partial charge on any atom is -0.465 e. The average molecular weight is 189 g/mol. The predicted octanol–water partition coefficient (Wildman–Crippen LogP) is 1.91. The summed E-state index contributed by atoms with van der Waals surface area (Å²) in [5.74, 6) is -0.371. The highest BCUT2D eigenvalue weighted by molar-refractivity contribution is 5.89. The van der Waals surface area contributed by atoms with E-state index in [1.165, 1.54) is 7.11 Å². The van der Waals surface area contributed by atoms with Gasteiger partial charge in [0, 0.05) is 0 Å². The SMILES string of the molecule is CCc1cc(C(=O)OC)ccc1C#N. The van der Waals surface area contributed by atoms with Crippen molar-refractivity contribution in [2.75, 3.05) is 7.11 Å². The third-order valence-electron chi connectivity index (χ3n) is 2.03. The second-order valence-corrected chi connectivity index (χ2v) is 2.83. The number of rotatable bonds is 2. The summed E-state index contributed by atoms with van der Waals surface area (Å²) in [6, 6.07) is 7.02. The molecule has 0 radical (unpaired) electrons. The standard InChI is InChI=1S/C11H11NO2/c1-3-8-6-9(11(13)14-2)4-5-10(8)7-12/h4-6H,3H2,1-2H3. The first-order valence-corrected chi connectivity index (χ1v) is 4.34.